The van der Waals surface area contributed by atoms with Crippen LogP contribution < -0.4 is 21.3 Å². The monoisotopic (exact) mass is 592 g/mol. The molecule has 5 N–H and O–H groups in total. The number of rotatable bonds is 19. The lowest BCUT2D eigenvalue weighted by Crippen LogP contribution is -2.22. The number of benzene rings is 2. The smallest absolute Gasteiger partial charge is 0.0701 e. The zero-order chi connectivity index (χ0) is 30.8. The molecular weight excluding hydrogens is 544 g/mol. The van der Waals surface area contributed by atoms with Crippen molar-refractivity contribution in [3.63, 3.8) is 0 Å². The van der Waals surface area contributed by atoms with Gasteiger partial charge >= 0.3 is 0 Å². The molecule has 2 aromatic rings. The second kappa shape index (κ2) is 23.9. The third-order valence-electron chi connectivity index (χ3n) is 5.90. The van der Waals surface area contributed by atoms with E-state index < -0.39 is 0 Å². The van der Waals surface area contributed by atoms with Crippen LogP contribution in [0.1, 0.15) is 12.0 Å². The molecule has 3 rings (SSSR count). The Balaban J connectivity index is 0.000000340. The van der Waals surface area contributed by atoms with E-state index in [1.54, 1.807) is 0 Å². The summed E-state index contributed by atoms with van der Waals surface area (Å²) in [5.41, 5.74) is 10.4. The number of nitrogens with one attached hydrogen (secondary N) is 2. The number of nitrogens with zero attached hydrogens (tertiary/aromatic N) is 1. The van der Waals surface area contributed by atoms with Crippen molar-refractivity contribution in [2.24, 2.45) is 0 Å². The standard InChI is InChI=1S/C19H35N3O5.C15H13N/c20-18-2-4-19(5-3-18)22-8-11-25-13-15-27-17-16-26-14-12-24-10-7-21-6-1-9-23;1-13-7-5-6-12-16(2)15-9-4-3-8-14(15)11-10-13/h2-5,21-23H,1,6-17,20H2;3-9,12H,1H2,2H3/b;7-5-,12-6-. The van der Waals surface area contributed by atoms with Gasteiger partial charge in [0.05, 0.1) is 58.5 Å². The maximum absolute atomic E-state index is 8.63. The number of nitrogen functional groups attached to an aromatic ring is 1. The highest BCUT2D eigenvalue weighted by Gasteiger charge is 2.02. The summed E-state index contributed by atoms with van der Waals surface area (Å²) in [6.45, 7) is 11.1. The molecular formula is C34H48N4O5. The van der Waals surface area contributed by atoms with Gasteiger partial charge in [-0.15, -0.1) is 0 Å². The molecule has 0 spiro atoms. The first kappa shape index (κ1) is 35.6. The van der Waals surface area contributed by atoms with Gasteiger partial charge in [0, 0.05) is 55.5 Å². The lowest BCUT2D eigenvalue weighted by Gasteiger charge is -2.15. The molecule has 1 heterocycles. The summed E-state index contributed by atoms with van der Waals surface area (Å²) in [7, 11) is 2.02. The number of aliphatic hydroxyl groups excluding tert-OH is 1. The number of aliphatic hydroxyl groups is 1. The molecule has 9 nitrogen and oxygen atoms in total. The van der Waals surface area contributed by atoms with Gasteiger partial charge in [0.25, 0.3) is 0 Å². The van der Waals surface area contributed by atoms with Crippen molar-refractivity contribution >= 4 is 17.1 Å². The number of nitrogens with two attached hydrogens (primary N) is 1. The van der Waals surface area contributed by atoms with Gasteiger partial charge in [-0.3, -0.25) is 0 Å². The van der Waals surface area contributed by atoms with Crippen LogP contribution in [0.15, 0.2) is 85.1 Å². The number of fused-ring (bicyclic) bond motifs is 1. The molecule has 0 fully saturated rings. The number of anilines is 3. The minimum atomic E-state index is 0.220. The first-order valence-electron chi connectivity index (χ1n) is 14.7. The second-order valence-electron chi connectivity index (χ2n) is 9.43. The van der Waals surface area contributed by atoms with Crippen molar-refractivity contribution in [3.8, 4) is 11.8 Å². The molecule has 9 heteroatoms. The fourth-order valence-corrected chi connectivity index (χ4v) is 3.61. The first-order chi connectivity index (χ1) is 21.1. The van der Waals surface area contributed by atoms with Gasteiger partial charge < -0.3 is 45.3 Å². The largest absolute Gasteiger partial charge is 0.399 e. The fraction of sp³-hybridized carbons (Fsp3) is 0.412. The average molecular weight is 593 g/mol. The maximum atomic E-state index is 8.63. The van der Waals surface area contributed by atoms with Gasteiger partial charge in [-0.25, -0.2) is 0 Å². The van der Waals surface area contributed by atoms with Crippen LogP contribution in [-0.2, 0) is 18.9 Å². The van der Waals surface area contributed by atoms with E-state index in [4.69, 9.17) is 29.8 Å². The van der Waals surface area contributed by atoms with E-state index in [0.717, 1.165) is 54.3 Å². The lowest BCUT2D eigenvalue weighted by molar-refractivity contribution is -0.000409. The molecule has 0 aliphatic carbocycles. The van der Waals surface area contributed by atoms with E-state index in [2.05, 4.69) is 40.0 Å². The quantitative estimate of drug-likeness (QED) is 0.110. The van der Waals surface area contributed by atoms with Crippen LogP contribution in [0.5, 0.6) is 0 Å². The molecule has 0 saturated carbocycles. The van der Waals surface area contributed by atoms with Crippen LogP contribution in [0.25, 0.3) is 0 Å². The Morgan fingerprint density at radius 1 is 0.791 bits per heavy atom. The number of allylic oxidation sites excluding steroid dienone is 4. The van der Waals surface area contributed by atoms with Crippen LogP contribution >= 0.6 is 0 Å². The summed E-state index contributed by atoms with van der Waals surface area (Å²) in [6, 6.07) is 15.7. The number of hydrogen-bond donors (Lipinski definition) is 4. The summed E-state index contributed by atoms with van der Waals surface area (Å²) in [6.07, 6.45) is 8.62. The average Bonchev–Trinajstić information content (AvgIpc) is 3.02. The van der Waals surface area contributed by atoms with E-state index in [9.17, 15) is 0 Å². The molecule has 0 bridgehead atoms. The molecule has 1 aliphatic rings. The summed E-state index contributed by atoms with van der Waals surface area (Å²) in [5.74, 6) is 6.17. The Bertz CT molecular complexity index is 1140. The van der Waals surface area contributed by atoms with Gasteiger partial charge in [-0.1, -0.05) is 36.6 Å². The van der Waals surface area contributed by atoms with E-state index in [0.29, 0.717) is 52.9 Å². The molecule has 234 valence electrons. The normalized spacial score (nSPS) is 13.6. The molecule has 0 radical (unpaired) electrons. The Morgan fingerprint density at radius 3 is 2.09 bits per heavy atom. The van der Waals surface area contributed by atoms with E-state index in [1.165, 1.54) is 0 Å². The maximum Gasteiger partial charge on any atom is 0.0701 e. The van der Waals surface area contributed by atoms with Crippen molar-refractivity contribution in [2.75, 3.05) is 102 Å². The van der Waals surface area contributed by atoms with Crippen molar-refractivity contribution in [1.82, 2.24) is 5.32 Å². The van der Waals surface area contributed by atoms with Gasteiger partial charge in [0.15, 0.2) is 0 Å². The molecule has 43 heavy (non-hydrogen) atoms. The minimum Gasteiger partial charge on any atom is -0.399 e. The number of ether oxygens (including phenoxy) is 4. The van der Waals surface area contributed by atoms with Crippen LogP contribution in [0, 0.1) is 11.8 Å². The third kappa shape index (κ3) is 17.8. The summed E-state index contributed by atoms with van der Waals surface area (Å²) < 4.78 is 21.8. The summed E-state index contributed by atoms with van der Waals surface area (Å²) >= 11 is 0. The summed E-state index contributed by atoms with van der Waals surface area (Å²) in [4.78, 5) is 2.06. The Kier molecular flexibility index (Phi) is 19.8. The molecule has 0 saturated heterocycles. The Labute approximate surface area is 257 Å². The summed E-state index contributed by atoms with van der Waals surface area (Å²) in [5, 5.41) is 15.1. The predicted octanol–water partition coefficient (Wildman–Crippen LogP) is 3.83. The van der Waals surface area contributed by atoms with Crippen molar-refractivity contribution < 1.29 is 24.1 Å². The van der Waals surface area contributed by atoms with Gasteiger partial charge in [0.1, 0.15) is 0 Å². The predicted molar refractivity (Wildman–Crippen MR) is 176 cm³/mol. The van der Waals surface area contributed by atoms with Crippen molar-refractivity contribution in [1.29, 1.82) is 0 Å². The van der Waals surface area contributed by atoms with E-state index >= 15 is 0 Å². The highest BCUT2D eigenvalue weighted by Crippen LogP contribution is 2.19. The second-order valence-corrected chi connectivity index (χ2v) is 9.43. The van der Waals surface area contributed by atoms with Crippen LogP contribution in [0.2, 0.25) is 0 Å². The zero-order valence-electron chi connectivity index (χ0n) is 25.4. The van der Waals surface area contributed by atoms with Crippen LogP contribution in [0.4, 0.5) is 17.1 Å². The first-order valence-corrected chi connectivity index (χ1v) is 14.7. The minimum absolute atomic E-state index is 0.220. The number of para-hydroxylation sites is 1. The van der Waals surface area contributed by atoms with Gasteiger partial charge in [0.2, 0.25) is 0 Å². The SMILES string of the molecule is C=C1C#Cc2ccccc2N(C)/C=C\C=C/1.Nc1ccc(NCCOCCOCCOCCOCCNCCCO)cc1. The van der Waals surface area contributed by atoms with Gasteiger partial charge in [-0.05, 0) is 61.5 Å². The molecule has 2 aromatic carbocycles. The zero-order valence-corrected chi connectivity index (χ0v) is 25.4. The molecule has 0 amide bonds. The highest BCUT2D eigenvalue weighted by molar-refractivity contribution is 5.63. The fourth-order valence-electron chi connectivity index (χ4n) is 3.61. The molecule has 1 aliphatic heterocycles. The Hall–Kier alpha value is -3.62. The highest BCUT2D eigenvalue weighted by atomic mass is 16.6. The van der Waals surface area contributed by atoms with Crippen molar-refractivity contribution in [2.45, 2.75) is 6.42 Å². The van der Waals surface area contributed by atoms with Crippen LogP contribution in [-0.4, -0.2) is 91.3 Å². The van der Waals surface area contributed by atoms with E-state index in [1.807, 2.05) is 73.9 Å². The van der Waals surface area contributed by atoms with Gasteiger partial charge in [-0.2, -0.15) is 0 Å². The topological polar surface area (TPSA) is 110 Å². The number of hydrogen-bond acceptors (Lipinski definition) is 9. The Morgan fingerprint density at radius 2 is 1.42 bits per heavy atom. The molecule has 0 aromatic heterocycles. The van der Waals surface area contributed by atoms with E-state index in [-0.39, 0.29) is 6.61 Å². The third-order valence-corrected chi connectivity index (χ3v) is 5.90. The van der Waals surface area contributed by atoms with Crippen molar-refractivity contribution in [3.05, 3.63) is 90.7 Å². The molecule has 0 unspecified atom stereocenters. The molecule has 0 atom stereocenters. The lowest BCUT2D eigenvalue weighted by atomic mass is 10.1. The van der Waals surface area contributed by atoms with Crippen LogP contribution in [0.3, 0.4) is 0 Å².